The molecule has 0 fully saturated rings. The maximum absolute atomic E-state index is 10.8. The van der Waals surface area contributed by atoms with Crippen LogP contribution in [0, 0.1) is 10.1 Å². The summed E-state index contributed by atoms with van der Waals surface area (Å²) in [5, 5.41) is 24.5. The molecule has 3 rings (SSSR count). The number of nitro groups is 1. The average Bonchev–Trinajstić information content (AvgIpc) is 2.96. The van der Waals surface area contributed by atoms with Crippen LogP contribution in [0.2, 0.25) is 0 Å². The number of hydrogen-bond acceptors (Lipinski definition) is 7. The number of nitrogens with two attached hydrogens (primary N) is 1. The summed E-state index contributed by atoms with van der Waals surface area (Å²) in [7, 11) is 0. The predicted octanol–water partition coefficient (Wildman–Crippen LogP) is 1.43. The number of anilines is 1. The minimum absolute atomic E-state index is 0.0334. The van der Waals surface area contributed by atoms with E-state index in [4.69, 9.17) is 5.73 Å². The lowest BCUT2D eigenvalue weighted by molar-refractivity contribution is -0.384. The zero-order valence-electron chi connectivity index (χ0n) is 9.55. The van der Waals surface area contributed by atoms with E-state index in [0.717, 1.165) is 5.39 Å². The third kappa shape index (κ3) is 2.10. The van der Waals surface area contributed by atoms with Crippen molar-refractivity contribution in [2.75, 3.05) is 5.73 Å². The molecule has 2 heterocycles. The number of non-ortho nitro benzene ring substituents is 1. The largest absolute Gasteiger partial charge is 0.374 e. The van der Waals surface area contributed by atoms with Crippen LogP contribution in [-0.2, 0) is 6.54 Å². The third-order valence-electron chi connectivity index (χ3n) is 2.61. The SMILES string of the molecule is Nc1nnc(Cn2ncc3ccc([N+](=O)[O-])cc32)s1. The Morgan fingerprint density at radius 1 is 1.42 bits per heavy atom. The molecule has 0 saturated heterocycles. The summed E-state index contributed by atoms with van der Waals surface area (Å²) in [4.78, 5) is 10.3. The molecule has 0 aliphatic carbocycles. The Balaban J connectivity index is 2.03. The molecule has 0 saturated carbocycles. The second kappa shape index (κ2) is 4.28. The van der Waals surface area contributed by atoms with Gasteiger partial charge in [-0.1, -0.05) is 11.3 Å². The molecular weight excluding hydrogens is 268 g/mol. The van der Waals surface area contributed by atoms with Crippen molar-refractivity contribution in [2.24, 2.45) is 0 Å². The van der Waals surface area contributed by atoms with E-state index in [2.05, 4.69) is 15.3 Å². The molecule has 0 amide bonds. The lowest BCUT2D eigenvalue weighted by Crippen LogP contribution is -2.01. The van der Waals surface area contributed by atoms with Gasteiger partial charge in [-0.3, -0.25) is 14.8 Å². The Hall–Kier alpha value is -2.55. The number of nitrogen functional groups attached to an aromatic ring is 1. The van der Waals surface area contributed by atoms with Crippen LogP contribution in [0.5, 0.6) is 0 Å². The third-order valence-corrected chi connectivity index (χ3v) is 3.34. The van der Waals surface area contributed by atoms with Crippen LogP contribution in [0.1, 0.15) is 5.01 Å². The van der Waals surface area contributed by atoms with Crippen LogP contribution in [0.4, 0.5) is 10.8 Å². The highest BCUT2D eigenvalue weighted by Crippen LogP contribution is 2.22. The highest BCUT2D eigenvalue weighted by molar-refractivity contribution is 7.15. The first-order valence-corrected chi connectivity index (χ1v) is 6.13. The molecule has 0 atom stereocenters. The number of rotatable bonds is 3. The van der Waals surface area contributed by atoms with Gasteiger partial charge in [0.05, 0.1) is 23.2 Å². The lowest BCUT2D eigenvalue weighted by Gasteiger charge is -1.99. The van der Waals surface area contributed by atoms with Gasteiger partial charge in [-0.15, -0.1) is 10.2 Å². The van der Waals surface area contributed by atoms with Crippen LogP contribution in [0.25, 0.3) is 10.9 Å². The Morgan fingerprint density at radius 3 is 2.95 bits per heavy atom. The van der Waals surface area contributed by atoms with Crippen LogP contribution >= 0.6 is 11.3 Å². The van der Waals surface area contributed by atoms with Crippen LogP contribution < -0.4 is 5.73 Å². The van der Waals surface area contributed by atoms with E-state index < -0.39 is 4.92 Å². The van der Waals surface area contributed by atoms with Crippen molar-refractivity contribution in [3.05, 3.63) is 39.5 Å². The number of nitro benzene ring substituents is 1. The van der Waals surface area contributed by atoms with E-state index >= 15 is 0 Å². The van der Waals surface area contributed by atoms with Gasteiger partial charge >= 0.3 is 0 Å². The summed E-state index contributed by atoms with van der Waals surface area (Å²) in [6.45, 7) is 0.388. The summed E-state index contributed by atoms with van der Waals surface area (Å²) < 4.78 is 1.64. The van der Waals surface area contributed by atoms with E-state index in [1.165, 1.54) is 23.5 Å². The van der Waals surface area contributed by atoms with E-state index in [9.17, 15) is 10.1 Å². The number of hydrogen-bond donors (Lipinski definition) is 1. The molecule has 0 aliphatic rings. The Kier molecular flexibility index (Phi) is 2.60. The molecule has 19 heavy (non-hydrogen) atoms. The fraction of sp³-hybridized carbons (Fsp3) is 0.100. The van der Waals surface area contributed by atoms with Crippen LogP contribution in [0.15, 0.2) is 24.4 Å². The smallest absolute Gasteiger partial charge is 0.271 e. The maximum atomic E-state index is 10.8. The van der Waals surface area contributed by atoms with Crippen molar-refractivity contribution in [1.29, 1.82) is 0 Å². The van der Waals surface area contributed by atoms with Gasteiger partial charge < -0.3 is 5.73 Å². The predicted molar refractivity (Wildman–Crippen MR) is 69.8 cm³/mol. The first-order valence-electron chi connectivity index (χ1n) is 5.31. The molecule has 0 radical (unpaired) electrons. The zero-order chi connectivity index (χ0) is 13.4. The quantitative estimate of drug-likeness (QED) is 0.571. The molecule has 2 aromatic heterocycles. The molecule has 0 unspecified atom stereocenters. The molecule has 96 valence electrons. The second-order valence-electron chi connectivity index (χ2n) is 3.84. The van der Waals surface area contributed by atoms with Gasteiger partial charge in [-0.25, -0.2) is 0 Å². The number of nitrogens with zero attached hydrogens (tertiary/aromatic N) is 5. The first kappa shape index (κ1) is 11.5. The lowest BCUT2D eigenvalue weighted by atomic mass is 10.2. The van der Waals surface area contributed by atoms with E-state index in [1.54, 1.807) is 16.9 Å². The average molecular weight is 276 g/mol. The van der Waals surface area contributed by atoms with Crippen molar-refractivity contribution < 1.29 is 4.92 Å². The minimum Gasteiger partial charge on any atom is -0.374 e. The topological polar surface area (TPSA) is 113 Å². The van der Waals surface area contributed by atoms with Crippen LogP contribution in [0.3, 0.4) is 0 Å². The van der Waals surface area contributed by atoms with Crippen LogP contribution in [-0.4, -0.2) is 24.9 Å². The number of fused-ring (bicyclic) bond motifs is 1. The van der Waals surface area contributed by atoms with Crippen molar-refractivity contribution in [2.45, 2.75) is 6.54 Å². The van der Waals surface area contributed by atoms with Gasteiger partial charge in [0.1, 0.15) is 5.01 Å². The monoisotopic (exact) mass is 276 g/mol. The summed E-state index contributed by atoms with van der Waals surface area (Å²) in [5.41, 5.74) is 6.23. The standard InChI is InChI=1S/C10H8N6O2S/c11-10-14-13-9(19-10)5-15-8-3-7(16(17)18)2-1-6(8)4-12-15/h1-4H,5H2,(H2,11,14). The van der Waals surface area contributed by atoms with Gasteiger partial charge in [-0.2, -0.15) is 5.10 Å². The molecule has 3 aromatic rings. The molecule has 8 nitrogen and oxygen atoms in total. The molecule has 0 bridgehead atoms. The van der Waals surface area contributed by atoms with Crippen molar-refractivity contribution >= 4 is 33.1 Å². The highest BCUT2D eigenvalue weighted by Gasteiger charge is 2.11. The second-order valence-corrected chi connectivity index (χ2v) is 4.93. The summed E-state index contributed by atoms with van der Waals surface area (Å²) in [6.07, 6.45) is 1.66. The first-order chi connectivity index (χ1) is 9.13. The molecular formula is C10H8N6O2S. The normalized spacial score (nSPS) is 10.9. The molecule has 9 heteroatoms. The van der Waals surface area contributed by atoms with Gasteiger partial charge in [0, 0.05) is 17.5 Å². The molecule has 0 spiro atoms. The number of aromatic nitrogens is 4. The summed E-state index contributed by atoms with van der Waals surface area (Å²) >= 11 is 1.27. The van der Waals surface area contributed by atoms with Crippen molar-refractivity contribution in [1.82, 2.24) is 20.0 Å². The Bertz CT molecular complexity index is 764. The van der Waals surface area contributed by atoms with E-state index in [1.807, 2.05) is 0 Å². The minimum atomic E-state index is -0.431. The fourth-order valence-corrected chi connectivity index (χ4v) is 2.35. The molecule has 2 N–H and O–H groups in total. The van der Waals surface area contributed by atoms with Gasteiger partial charge in [0.15, 0.2) is 0 Å². The molecule has 0 aliphatic heterocycles. The summed E-state index contributed by atoms with van der Waals surface area (Å²) in [5.74, 6) is 0. The summed E-state index contributed by atoms with van der Waals surface area (Å²) in [6, 6.07) is 4.62. The highest BCUT2D eigenvalue weighted by atomic mass is 32.1. The molecule has 1 aromatic carbocycles. The fourth-order valence-electron chi connectivity index (χ4n) is 1.76. The van der Waals surface area contributed by atoms with Gasteiger partial charge in [0.2, 0.25) is 5.13 Å². The zero-order valence-corrected chi connectivity index (χ0v) is 10.4. The maximum Gasteiger partial charge on any atom is 0.271 e. The van der Waals surface area contributed by atoms with Gasteiger partial charge in [-0.05, 0) is 6.07 Å². The van der Waals surface area contributed by atoms with Crippen molar-refractivity contribution in [3.8, 4) is 0 Å². The Labute approximate surface area is 110 Å². The van der Waals surface area contributed by atoms with E-state index in [0.29, 0.717) is 22.2 Å². The van der Waals surface area contributed by atoms with Crippen molar-refractivity contribution in [3.63, 3.8) is 0 Å². The Morgan fingerprint density at radius 2 is 2.26 bits per heavy atom. The number of benzene rings is 1. The van der Waals surface area contributed by atoms with E-state index in [-0.39, 0.29) is 5.69 Å². The van der Waals surface area contributed by atoms with Gasteiger partial charge in [0.25, 0.3) is 5.69 Å².